The van der Waals surface area contributed by atoms with E-state index in [1.165, 1.54) is 128 Å². The van der Waals surface area contributed by atoms with Crippen molar-refractivity contribution < 1.29 is 0 Å². The molecular formula is C56H32S2. The quantitative estimate of drug-likeness (QED) is 0.157. The van der Waals surface area contributed by atoms with Crippen molar-refractivity contribution in [3.05, 3.63) is 194 Å². The van der Waals surface area contributed by atoms with Crippen molar-refractivity contribution in [2.24, 2.45) is 0 Å². The van der Waals surface area contributed by atoms with Gasteiger partial charge in [0, 0.05) is 45.7 Å². The summed E-state index contributed by atoms with van der Waals surface area (Å²) >= 11 is 3.83. The van der Waals surface area contributed by atoms with Gasteiger partial charge in [-0.1, -0.05) is 152 Å². The summed E-state index contributed by atoms with van der Waals surface area (Å²) in [6, 6.07) is 72.6. The standard InChI is InChI=1S/C56H32S2/c1-2-10-35-30-40(21-17-33(35)9-1)52-42-11-3-5-13-44(42)53(45-14-6-4-12-43(45)52)41-22-20-36-29-37(18-19-38(36)31-41)39-25-27-50-48(32-39)46-26-23-34-24-28-51-55(54(34)56(46)58-50)47-15-7-8-16-49(47)57-51/h1-32H. The van der Waals surface area contributed by atoms with E-state index in [-0.39, 0.29) is 0 Å². The van der Waals surface area contributed by atoms with Crippen LogP contribution in [0.4, 0.5) is 0 Å². The molecule has 0 spiro atoms. The molecule has 13 aromatic rings. The first-order valence-corrected chi connectivity index (χ1v) is 21.5. The third kappa shape index (κ3) is 4.74. The number of benzene rings is 11. The zero-order valence-corrected chi connectivity index (χ0v) is 32.9. The van der Waals surface area contributed by atoms with Crippen LogP contribution in [0.25, 0.3) is 128 Å². The second kappa shape index (κ2) is 12.3. The predicted molar refractivity (Wildman–Crippen MR) is 256 cm³/mol. The molecule has 2 heteroatoms. The van der Waals surface area contributed by atoms with E-state index in [1.807, 2.05) is 22.7 Å². The van der Waals surface area contributed by atoms with Crippen LogP contribution in [-0.4, -0.2) is 0 Å². The van der Waals surface area contributed by atoms with E-state index in [4.69, 9.17) is 0 Å². The van der Waals surface area contributed by atoms with Gasteiger partial charge in [0.15, 0.2) is 0 Å². The van der Waals surface area contributed by atoms with Crippen molar-refractivity contribution in [1.82, 2.24) is 0 Å². The zero-order chi connectivity index (χ0) is 37.9. The highest BCUT2D eigenvalue weighted by molar-refractivity contribution is 7.28. The lowest BCUT2D eigenvalue weighted by atomic mass is 9.85. The number of fused-ring (bicyclic) bond motifs is 13. The topological polar surface area (TPSA) is 0 Å². The van der Waals surface area contributed by atoms with Gasteiger partial charge in [0.1, 0.15) is 0 Å². The van der Waals surface area contributed by atoms with E-state index in [1.54, 1.807) is 0 Å². The van der Waals surface area contributed by atoms with E-state index < -0.39 is 0 Å². The Balaban J connectivity index is 0.941. The summed E-state index contributed by atoms with van der Waals surface area (Å²) in [5.41, 5.74) is 7.56. The first-order chi connectivity index (χ1) is 28.7. The maximum absolute atomic E-state index is 2.41. The minimum absolute atomic E-state index is 1.24. The van der Waals surface area contributed by atoms with Crippen molar-refractivity contribution in [3.63, 3.8) is 0 Å². The third-order valence-electron chi connectivity index (χ3n) is 12.4. The molecule has 2 aromatic heterocycles. The molecule has 58 heavy (non-hydrogen) atoms. The Labute approximate surface area is 342 Å². The van der Waals surface area contributed by atoms with Crippen LogP contribution in [0.2, 0.25) is 0 Å². The largest absolute Gasteiger partial charge is 0.135 e. The van der Waals surface area contributed by atoms with Gasteiger partial charge >= 0.3 is 0 Å². The minimum atomic E-state index is 1.24. The number of thiophene rings is 2. The van der Waals surface area contributed by atoms with Crippen LogP contribution in [-0.2, 0) is 0 Å². The van der Waals surface area contributed by atoms with Crippen LogP contribution >= 0.6 is 22.7 Å². The molecule has 0 radical (unpaired) electrons. The Bertz CT molecular complexity index is 3800. The van der Waals surface area contributed by atoms with Crippen molar-refractivity contribution in [2.75, 3.05) is 0 Å². The predicted octanol–water partition coefficient (Wildman–Crippen LogP) is 17.2. The summed E-state index contributed by atoms with van der Waals surface area (Å²) in [5.74, 6) is 0. The lowest BCUT2D eigenvalue weighted by Crippen LogP contribution is -1.91. The Hall–Kier alpha value is -6.84. The Kier molecular flexibility index (Phi) is 6.86. The van der Waals surface area contributed by atoms with Crippen molar-refractivity contribution in [2.45, 2.75) is 0 Å². The van der Waals surface area contributed by atoms with Crippen LogP contribution in [0.3, 0.4) is 0 Å². The second-order valence-corrected chi connectivity index (χ2v) is 17.7. The summed E-state index contributed by atoms with van der Waals surface area (Å²) in [6.07, 6.45) is 0. The van der Waals surface area contributed by atoms with Gasteiger partial charge in [-0.15, -0.1) is 22.7 Å². The van der Waals surface area contributed by atoms with Gasteiger partial charge in [-0.3, -0.25) is 0 Å². The lowest BCUT2D eigenvalue weighted by Gasteiger charge is -2.18. The Morgan fingerprint density at radius 2 is 0.707 bits per heavy atom. The van der Waals surface area contributed by atoms with Crippen LogP contribution in [0.5, 0.6) is 0 Å². The molecule has 0 amide bonds. The van der Waals surface area contributed by atoms with Crippen LogP contribution in [0.15, 0.2) is 194 Å². The number of rotatable bonds is 3. The van der Waals surface area contributed by atoms with Gasteiger partial charge in [-0.2, -0.15) is 0 Å². The Morgan fingerprint density at radius 1 is 0.241 bits per heavy atom. The molecule has 13 rings (SSSR count). The molecule has 268 valence electrons. The van der Waals surface area contributed by atoms with Gasteiger partial charge in [-0.05, 0) is 124 Å². The van der Waals surface area contributed by atoms with Crippen molar-refractivity contribution >= 4 is 117 Å². The summed E-state index contributed by atoms with van der Waals surface area (Å²) < 4.78 is 5.43. The molecule has 0 aliphatic carbocycles. The summed E-state index contributed by atoms with van der Waals surface area (Å²) in [6.45, 7) is 0. The van der Waals surface area contributed by atoms with E-state index >= 15 is 0 Å². The van der Waals surface area contributed by atoms with Crippen LogP contribution in [0, 0.1) is 0 Å². The van der Waals surface area contributed by atoms with Gasteiger partial charge in [-0.25, -0.2) is 0 Å². The molecule has 0 atom stereocenters. The first-order valence-electron chi connectivity index (χ1n) is 19.9. The molecule has 0 nitrogen and oxygen atoms in total. The smallest absolute Gasteiger partial charge is 0.0440 e. The molecule has 0 saturated carbocycles. The Morgan fingerprint density at radius 3 is 1.41 bits per heavy atom. The molecule has 0 N–H and O–H groups in total. The molecule has 0 bridgehead atoms. The van der Waals surface area contributed by atoms with Gasteiger partial charge in [0.25, 0.3) is 0 Å². The second-order valence-electron chi connectivity index (χ2n) is 15.6. The fourth-order valence-electron chi connectivity index (χ4n) is 9.71. The van der Waals surface area contributed by atoms with Crippen LogP contribution in [0.1, 0.15) is 0 Å². The highest BCUT2D eigenvalue weighted by Gasteiger charge is 2.18. The maximum atomic E-state index is 2.41. The summed E-state index contributed by atoms with van der Waals surface area (Å²) in [4.78, 5) is 0. The maximum Gasteiger partial charge on any atom is 0.0440 e. The average molecular weight is 769 g/mol. The molecule has 0 unspecified atom stereocenters. The highest BCUT2D eigenvalue weighted by atomic mass is 32.1. The minimum Gasteiger partial charge on any atom is -0.135 e. The fourth-order valence-corrected chi connectivity index (χ4v) is 12.1. The number of hydrogen-bond donors (Lipinski definition) is 0. The molecule has 2 heterocycles. The van der Waals surface area contributed by atoms with Crippen molar-refractivity contribution in [3.8, 4) is 33.4 Å². The monoisotopic (exact) mass is 768 g/mol. The third-order valence-corrected chi connectivity index (χ3v) is 14.7. The van der Waals surface area contributed by atoms with E-state index in [0.29, 0.717) is 0 Å². The van der Waals surface area contributed by atoms with Gasteiger partial charge in [0.2, 0.25) is 0 Å². The SMILES string of the molecule is c1ccc2cc(-c3c4ccccc4c(-c4ccc5cc(-c6ccc7sc8c(ccc9ccc%10sc%11ccccc%11c%10c98)c7c6)ccc5c4)c4ccccc34)ccc2c1. The van der Waals surface area contributed by atoms with Crippen LogP contribution < -0.4 is 0 Å². The van der Waals surface area contributed by atoms with Crippen molar-refractivity contribution in [1.29, 1.82) is 0 Å². The summed E-state index contributed by atoms with van der Waals surface area (Å²) in [7, 11) is 0. The average Bonchev–Trinajstić information content (AvgIpc) is 3.86. The molecule has 0 aliphatic heterocycles. The van der Waals surface area contributed by atoms with E-state index in [9.17, 15) is 0 Å². The van der Waals surface area contributed by atoms with E-state index in [2.05, 4.69) is 194 Å². The zero-order valence-electron chi connectivity index (χ0n) is 31.3. The van der Waals surface area contributed by atoms with E-state index in [0.717, 1.165) is 0 Å². The molecule has 0 saturated heterocycles. The first kappa shape index (κ1) is 32.3. The lowest BCUT2D eigenvalue weighted by molar-refractivity contribution is 1.67. The highest BCUT2D eigenvalue weighted by Crippen LogP contribution is 2.47. The molecular weight excluding hydrogens is 737 g/mol. The molecule has 11 aromatic carbocycles. The normalized spacial score (nSPS) is 12.1. The van der Waals surface area contributed by atoms with Gasteiger partial charge < -0.3 is 0 Å². The molecule has 0 fully saturated rings. The summed E-state index contributed by atoms with van der Waals surface area (Å²) in [5, 5.41) is 18.2. The molecule has 0 aliphatic rings. The number of hydrogen-bond acceptors (Lipinski definition) is 2. The fraction of sp³-hybridized carbons (Fsp3) is 0. The van der Waals surface area contributed by atoms with Gasteiger partial charge in [0.05, 0.1) is 0 Å².